The van der Waals surface area contributed by atoms with Gasteiger partial charge in [0.25, 0.3) is 0 Å². The van der Waals surface area contributed by atoms with E-state index in [4.69, 9.17) is 0 Å². The van der Waals surface area contributed by atoms with Crippen molar-refractivity contribution < 1.29 is 14.7 Å². The normalized spacial score (nSPS) is 30.4. The van der Waals surface area contributed by atoms with E-state index in [1.807, 2.05) is 5.38 Å². The van der Waals surface area contributed by atoms with Gasteiger partial charge in [0.2, 0.25) is 0 Å². The van der Waals surface area contributed by atoms with Crippen molar-refractivity contribution in [3.8, 4) is 0 Å². The molecule has 2 N–H and O–H groups in total. The number of rotatable bonds is 2. The highest BCUT2D eigenvalue weighted by molar-refractivity contribution is 7.14. The number of nitrogens with one attached hydrogen (secondary N) is 1. The second-order valence-electron chi connectivity index (χ2n) is 6.53. The fourth-order valence-corrected chi connectivity index (χ4v) is 4.45. The Bertz CT molecular complexity index is 599. The fraction of sp³-hybridized carbons (Fsp3) is 0.667. The van der Waals surface area contributed by atoms with Crippen LogP contribution in [0.15, 0.2) is 5.38 Å². The van der Waals surface area contributed by atoms with Crippen LogP contribution in [0.25, 0.3) is 0 Å². The van der Waals surface area contributed by atoms with Gasteiger partial charge >= 0.3 is 11.8 Å². The molecule has 1 aromatic heterocycles. The van der Waals surface area contributed by atoms with E-state index in [0.29, 0.717) is 23.9 Å². The number of thiazole rings is 1. The summed E-state index contributed by atoms with van der Waals surface area (Å²) in [6, 6.07) is 0.00985. The van der Waals surface area contributed by atoms with E-state index in [2.05, 4.69) is 10.3 Å². The number of hydrogen-bond acceptors (Lipinski definition) is 5. The van der Waals surface area contributed by atoms with Gasteiger partial charge in [0.15, 0.2) is 5.13 Å². The molecule has 0 radical (unpaired) electrons. The van der Waals surface area contributed by atoms with E-state index >= 15 is 0 Å². The lowest BCUT2D eigenvalue weighted by Crippen LogP contribution is -2.51. The SMILES string of the molecule is O=C(Nc1nc(C2CC2)cs1)C(=O)N1C2CCC1CC(O)C2. The second kappa shape index (κ2) is 5.31. The number of carbonyl (C=O) groups excluding carboxylic acids is 2. The third kappa shape index (κ3) is 2.52. The van der Waals surface area contributed by atoms with Crippen molar-refractivity contribution in [1.29, 1.82) is 0 Å². The number of nitrogens with zero attached hydrogens (tertiary/aromatic N) is 2. The van der Waals surface area contributed by atoms with Crippen molar-refractivity contribution in [1.82, 2.24) is 9.88 Å². The molecule has 3 heterocycles. The van der Waals surface area contributed by atoms with Crippen LogP contribution in [0.1, 0.15) is 50.1 Å². The third-order valence-electron chi connectivity index (χ3n) is 4.87. The highest BCUT2D eigenvalue weighted by atomic mass is 32.1. The zero-order chi connectivity index (χ0) is 15.3. The molecule has 3 fully saturated rings. The molecule has 0 spiro atoms. The summed E-state index contributed by atoms with van der Waals surface area (Å²) in [6.07, 6.45) is 4.90. The number of hydrogen-bond donors (Lipinski definition) is 2. The molecule has 2 bridgehead atoms. The van der Waals surface area contributed by atoms with E-state index in [9.17, 15) is 14.7 Å². The molecule has 1 aromatic rings. The number of aliphatic hydroxyl groups excluding tert-OH is 1. The fourth-order valence-electron chi connectivity index (χ4n) is 3.66. The molecular formula is C15H19N3O3S. The predicted molar refractivity (Wildman–Crippen MR) is 81.6 cm³/mol. The molecule has 2 amide bonds. The molecule has 2 aliphatic heterocycles. The number of carbonyl (C=O) groups is 2. The van der Waals surface area contributed by atoms with Crippen molar-refractivity contribution in [3.05, 3.63) is 11.1 Å². The summed E-state index contributed by atoms with van der Waals surface area (Å²) in [5.41, 5.74) is 1.02. The average Bonchev–Trinajstić information content (AvgIpc) is 3.17. The lowest BCUT2D eigenvalue weighted by atomic mass is 10.00. The first kappa shape index (κ1) is 14.1. The van der Waals surface area contributed by atoms with Gasteiger partial charge in [-0.25, -0.2) is 4.98 Å². The molecule has 22 heavy (non-hydrogen) atoms. The van der Waals surface area contributed by atoms with Crippen LogP contribution in [-0.4, -0.2) is 45.0 Å². The van der Waals surface area contributed by atoms with Gasteiger partial charge in [-0.05, 0) is 38.5 Å². The van der Waals surface area contributed by atoms with Crippen molar-refractivity contribution in [2.75, 3.05) is 5.32 Å². The van der Waals surface area contributed by atoms with E-state index in [1.165, 1.54) is 11.3 Å². The molecular weight excluding hydrogens is 302 g/mol. The summed E-state index contributed by atoms with van der Waals surface area (Å²) in [6.45, 7) is 0. The van der Waals surface area contributed by atoms with Gasteiger partial charge in [-0.3, -0.25) is 14.9 Å². The summed E-state index contributed by atoms with van der Waals surface area (Å²) in [5, 5.41) is 14.9. The van der Waals surface area contributed by atoms with Crippen LogP contribution in [0, 0.1) is 0 Å². The maximum atomic E-state index is 12.4. The standard InChI is InChI=1S/C15H19N3O3S/c19-11-5-9-3-4-10(6-11)18(9)14(21)13(20)17-15-16-12(7-22-15)8-1-2-8/h7-11,19H,1-6H2,(H,16,17,20). The van der Waals surface area contributed by atoms with E-state index in [-0.39, 0.29) is 18.2 Å². The van der Waals surface area contributed by atoms with Crippen molar-refractivity contribution in [2.45, 2.75) is 62.6 Å². The van der Waals surface area contributed by atoms with Crippen molar-refractivity contribution in [3.63, 3.8) is 0 Å². The smallest absolute Gasteiger partial charge is 0.315 e. The first-order valence-corrected chi connectivity index (χ1v) is 8.77. The Balaban J connectivity index is 1.42. The summed E-state index contributed by atoms with van der Waals surface area (Å²) in [5.74, 6) is -0.551. The van der Waals surface area contributed by atoms with Gasteiger partial charge in [-0.1, -0.05) is 0 Å². The van der Waals surface area contributed by atoms with Crippen LogP contribution >= 0.6 is 11.3 Å². The molecule has 3 aliphatic rings. The monoisotopic (exact) mass is 321 g/mol. The van der Waals surface area contributed by atoms with Crippen LogP contribution in [0.5, 0.6) is 0 Å². The highest BCUT2D eigenvalue weighted by Gasteiger charge is 2.44. The highest BCUT2D eigenvalue weighted by Crippen LogP contribution is 2.41. The summed E-state index contributed by atoms with van der Waals surface area (Å²) < 4.78 is 0. The van der Waals surface area contributed by atoms with Crippen LogP contribution in [0.4, 0.5) is 5.13 Å². The van der Waals surface area contributed by atoms with Crippen LogP contribution in [0.3, 0.4) is 0 Å². The summed E-state index contributed by atoms with van der Waals surface area (Å²) in [4.78, 5) is 30.7. The number of fused-ring (bicyclic) bond motifs is 2. The Morgan fingerprint density at radius 1 is 1.23 bits per heavy atom. The number of anilines is 1. The molecule has 118 valence electrons. The van der Waals surface area contributed by atoms with Crippen LogP contribution in [-0.2, 0) is 9.59 Å². The zero-order valence-corrected chi connectivity index (χ0v) is 13.0. The molecule has 4 rings (SSSR count). The quantitative estimate of drug-likeness (QED) is 0.808. The predicted octanol–water partition coefficient (Wildman–Crippen LogP) is 1.47. The Hall–Kier alpha value is -1.47. The number of amides is 2. The number of aromatic nitrogens is 1. The minimum absolute atomic E-state index is 0.00493. The Labute approximate surface area is 132 Å². The summed E-state index contributed by atoms with van der Waals surface area (Å²) >= 11 is 1.37. The Morgan fingerprint density at radius 3 is 2.55 bits per heavy atom. The van der Waals surface area contributed by atoms with Crippen molar-refractivity contribution >= 4 is 28.3 Å². The van der Waals surface area contributed by atoms with E-state index in [0.717, 1.165) is 31.4 Å². The number of aliphatic hydroxyl groups is 1. The van der Waals surface area contributed by atoms with Gasteiger partial charge in [-0.2, -0.15) is 0 Å². The first-order valence-electron chi connectivity index (χ1n) is 7.89. The van der Waals surface area contributed by atoms with Crippen LogP contribution < -0.4 is 5.32 Å². The maximum Gasteiger partial charge on any atom is 0.315 e. The van der Waals surface area contributed by atoms with E-state index < -0.39 is 11.8 Å². The molecule has 6 nitrogen and oxygen atoms in total. The topological polar surface area (TPSA) is 82.5 Å². The Kier molecular flexibility index (Phi) is 3.41. The Morgan fingerprint density at radius 2 is 1.91 bits per heavy atom. The van der Waals surface area contributed by atoms with Gasteiger partial charge in [-0.15, -0.1) is 11.3 Å². The molecule has 2 unspecified atom stereocenters. The van der Waals surface area contributed by atoms with Gasteiger partial charge in [0, 0.05) is 23.4 Å². The molecule has 2 saturated heterocycles. The molecule has 2 atom stereocenters. The molecule has 1 saturated carbocycles. The maximum absolute atomic E-state index is 12.4. The van der Waals surface area contributed by atoms with Gasteiger partial charge < -0.3 is 10.0 Å². The minimum Gasteiger partial charge on any atom is -0.393 e. The lowest BCUT2D eigenvalue weighted by molar-refractivity contribution is -0.147. The van der Waals surface area contributed by atoms with E-state index in [1.54, 1.807) is 4.90 Å². The first-order chi connectivity index (χ1) is 10.6. The lowest BCUT2D eigenvalue weighted by Gasteiger charge is -2.36. The zero-order valence-electron chi connectivity index (χ0n) is 12.2. The van der Waals surface area contributed by atoms with Gasteiger partial charge in [0.1, 0.15) is 0 Å². The molecule has 1 aliphatic carbocycles. The average molecular weight is 321 g/mol. The van der Waals surface area contributed by atoms with Gasteiger partial charge in [0.05, 0.1) is 11.8 Å². The second-order valence-corrected chi connectivity index (χ2v) is 7.39. The van der Waals surface area contributed by atoms with Crippen molar-refractivity contribution in [2.24, 2.45) is 0 Å². The summed E-state index contributed by atoms with van der Waals surface area (Å²) in [7, 11) is 0. The molecule has 0 aromatic carbocycles. The molecule has 7 heteroatoms. The minimum atomic E-state index is -0.606. The third-order valence-corrected chi connectivity index (χ3v) is 5.65. The number of piperidine rings is 1. The largest absolute Gasteiger partial charge is 0.393 e. The van der Waals surface area contributed by atoms with Crippen LogP contribution in [0.2, 0.25) is 0 Å².